The monoisotopic (exact) mass is 277 g/mol. The van der Waals surface area contributed by atoms with Crippen LogP contribution in [-0.2, 0) is 4.74 Å². The van der Waals surface area contributed by atoms with Gasteiger partial charge in [-0.1, -0.05) is 0 Å². The topological polar surface area (TPSA) is 45.1 Å². The van der Waals surface area contributed by atoms with E-state index in [0.29, 0.717) is 0 Å². The fourth-order valence-corrected chi connectivity index (χ4v) is 1.68. The Morgan fingerprint density at radius 1 is 1.42 bits per heavy atom. The van der Waals surface area contributed by atoms with Crippen LogP contribution in [0, 0.1) is 0 Å². The summed E-state index contributed by atoms with van der Waals surface area (Å²) in [5, 5.41) is 5.12. The van der Waals surface area contributed by atoms with Crippen LogP contribution in [0.3, 0.4) is 0 Å². The molecule has 1 aliphatic heterocycles. The summed E-state index contributed by atoms with van der Waals surface area (Å²) in [4.78, 5) is 12.8. The van der Waals surface area contributed by atoms with Gasteiger partial charge in [-0.05, 0) is 20.8 Å². The summed E-state index contributed by atoms with van der Waals surface area (Å²) in [6.45, 7) is 4.61. The van der Waals surface area contributed by atoms with Crippen LogP contribution in [0.15, 0.2) is 5.10 Å². The van der Waals surface area contributed by atoms with Gasteiger partial charge in [0.1, 0.15) is 11.3 Å². The van der Waals surface area contributed by atoms with E-state index in [1.54, 1.807) is 34.9 Å². The van der Waals surface area contributed by atoms with Crippen LogP contribution in [0.4, 0.5) is 13.6 Å². The Hall–Kier alpha value is -1.40. The van der Waals surface area contributed by atoms with E-state index in [-0.39, 0.29) is 18.7 Å². The first-order chi connectivity index (χ1) is 8.51. The Kier molecular flexibility index (Phi) is 4.37. The molecule has 0 aromatic heterocycles. The minimum atomic E-state index is -3.11. The number of carbonyl (C=O) groups excluding carboxylic acids is 1. The molecule has 0 aromatic rings. The molecule has 1 amide bonds. The second-order valence-corrected chi connectivity index (χ2v) is 5.75. The van der Waals surface area contributed by atoms with Crippen molar-refractivity contribution in [3.8, 4) is 0 Å². The molecule has 1 fully saturated rings. The van der Waals surface area contributed by atoms with Gasteiger partial charge < -0.3 is 14.6 Å². The standard InChI is InChI=1S/C12H21F2N3O2/c1-11(2,3)19-10(18)17-7-6-9(15-16(4)5)12(13,14)8-17/h6-8H2,1-5H3/b15-9-. The zero-order valence-corrected chi connectivity index (χ0v) is 12.0. The summed E-state index contributed by atoms with van der Waals surface area (Å²) in [5.74, 6) is -3.11. The molecule has 0 spiro atoms. The Bertz CT molecular complexity index is 376. The van der Waals surface area contributed by atoms with E-state index in [4.69, 9.17) is 4.74 Å². The number of amides is 1. The number of carbonyl (C=O) groups is 1. The molecule has 0 bridgehead atoms. The molecular formula is C12H21F2N3O2. The van der Waals surface area contributed by atoms with Crippen LogP contribution in [0.2, 0.25) is 0 Å². The summed E-state index contributed by atoms with van der Waals surface area (Å²) < 4.78 is 32.8. The van der Waals surface area contributed by atoms with Crippen molar-refractivity contribution in [3.05, 3.63) is 0 Å². The Morgan fingerprint density at radius 2 is 2.00 bits per heavy atom. The van der Waals surface area contributed by atoms with Gasteiger partial charge in [0.25, 0.3) is 0 Å². The third-order valence-corrected chi connectivity index (χ3v) is 2.40. The number of piperidine rings is 1. The second-order valence-electron chi connectivity index (χ2n) is 5.75. The maximum atomic E-state index is 13.9. The van der Waals surface area contributed by atoms with Crippen LogP contribution in [0.5, 0.6) is 0 Å². The van der Waals surface area contributed by atoms with Crippen LogP contribution in [-0.4, -0.2) is 60.4 Å². The van der Waals surface area contributed by atoms with Crippen LogP contribution < -0.4 is 0 Å². The summed E-state index contributed by atoms with van der Waals surface area (Å²) in [7, 11) is 3.17. The van der Waals surface area contributed by atoms with Crippen molar-refractivity contribution in [2.45, 2.75) is 38.7 Å². The van der Waals surface area contributed by atoms with E-state index < -0.39 is 24.2 Å². The van der Waals surface area contributed by atoms with E-state index in [9.17, 15) is 13.6 Å². The first-order valence-electron chi connectivity index (χ1n) is 6.12. The normalized spacial score (nSPS) is 21.4. The first kappa shape index (κ1) is 15.7. The zero-order chi connectivity index (χ0) is 14.8. The van der Waals surface area contributed by atoms with E-state index in [0.717, 1.165) is 4.90 Å². The van der Waals surface area contributed by atoms with Gasteiger partial charge in [-0.3, -0.25) is 0 Å². The largest absolute Gasteiger partial charge is 0.444 e. The third-order valence-electron chi connectivity index (χ3n) is 2.40. The van der Waals surface area contributed by atoms with Crippen molar-refractivity contribution in [2.24, 2.45) is 5.10 Å². The molecule has 110 valence electrons. The lowest BCUT2D eigenvalue weighted by atomic mass is 10.1. The van der Waals surface area contributed by atoms with Gasteiger partial charge in [0.2, 0.25) is 0 Å². The SMILES string of the molecule is CN(C)/N=C1/CCN(C(=O)OC(C)(C)C)CC1(F)F. The van der Waals surface area contributed by atoms with Crippen LogP contribution in [0.1, 0.15) is 27.2 Å². The van der Waals surface area contributed by atoms with Gasteiger partial charge >= 0.3 is 12.0 Å². The van der Waals surface area contributed by atoms with E-state index in [1.165, 1.54) is 5.01 Å². The average molecular weight is 277 g/mol. The lowest BCUT2D eigenvalue weighted by molar-refractivity contribution is -0.0140. The molecule has 0 N–H and O–H groups in total. The number of alkyl halides is 2. The van der Waals surface area contributed by atoms with Gasteiger partial charge in [0, 0.05) is 27.1 Å². The molecule has 1 heterocycles. The predicted octanol–water partition coefficient (Wildman–Crippen LogP) is 2.18. The zero-order valence-electron chi connectivity index (χ0n) is 12.0. The Labute approximate surface area is 112 Å². The number of nitrogens with zero attached hydrogens (tertiary/aromatic N) is 3. The maximum Gasteiger partial charge on any atom is 0.410 e. The van der Waals surface area contributed by atoms with E-state index in [1.807, 2.05) is 0 Å². The molecule has 0 saturated carbocycles. The maximum absolute atomic E-state index is 13.9. The number of likely N-dealkylation sites (tertiary alicyclic amines) is 1. The van der Waals surface area contributed by atoms with Gasteiger partial charge in [-0.15, -0.1) is 0 Å². The highest BCUT2D eigenvalue weighted by Crippen LogP contribution is 2.26. The fourth-order valence-electron chi connectivity index (χ4n) is 1.68. The van der Waals surface area contributed by atoms with Gasteiger partial charge in [-0.2, -0.15) is 13.9 Å². The summed E-state index contributed by atoms with van der Waals surface area (Å²) in [6.07, 6.45) is -0.666. The minimum absolute atomic E-state index is 0.0461. The molecular weight excluding hydrogens is 256 g/mol. The average Bonchev–Trinajstić information content (AvgIpc) is 2.17. The minimum Gasteiger partial charge on any atom is -0.444 e. The number of halogens is 2. The number of hydrazone groups is 1. The number of hydrogen-bond donors (Lipinski definition) is 0. The molecule has 0 aliphatic carbocycles. The summed E-state index contributed by atoms with van der Waals surface area (Å²) >= 11 is 0. The van der Waals surface area contributed by atoms with Crippen molar-refractivity contribution in [1.29, 1.82) is 0 Å². The highest BCUT2D eigenvalue weighted by atomic mass is 19.3. The van der Waals surface area contributed by atoms with Crippen molar-refractivity contribution in [2.75, 3.05) is 27.2 Å². The van der Waals surface area contributed by atoms with E-state index >= 15 is 0 Å². The van der Waals surface area contributed by atoms with E-state index in [2.05, 4.69) is 5.10 Å². The van der Waals surface area contributed by atoms with Crippen LogP contribution >= 0.6 is 0 Å². The number of rotatable bonds is 1. The smallest absolute Gasteiger partial charge is 0.410 e. The third kappa shape index (κ3) is 4.65. The van der Waals surface area contributed by atoms with Gasteiger partial charge in [0.15, 0.2) is 0 Å². The van der Waals surface area contributed by atoms with Gasteiger partial charge in [-0.25, -0.2) is 4.79 Å². The molecule has 7 heteroatoms. The van der Waals surface area contributed by atoms with Gasteiger partial charge in [0.05, 0.1) is 6.54 Å². The molecule has 5 nitrogen and oxygen atoms in total. The first-order valence-corrected chi connectivity index (χ1v) is 6.12. The molecule has 1 saturated heterocycles. The molecule has 1 rings (SSSR count). The Balaban J connectivity index is 2.73. The molecule has 0 aromatic carbocycles. The lowest BCUT2D eigenvalue weighted by Crippen LogP contribution is -2.52. The highest BCUT2D eigenvalue weighted by molar-refractivity contribution is 5.93. The molecule has 0 radical (unpaired) electrons. The van der Waals surface area contributed by atoms with Crippen molar-refractivity contribution < 1.29 is 18.3 Å². The van der Waals surface area contributed by atoms with Crippen molar-refractivity contribution >= 4 is 11.8 Å². The molecule has 0 unspecified atom stereocenters. The highest BCUT2D eigenvalue weighted by Gasteiger charge is 2.44. The summed E-state index contributed by atoms with van der Waals surface area (Å²) in [5.41, 5.74) is -0.887. The second kappa shape index (κ2) is 5.30. The lowest BCUT2D eigenvalue weighted by Gasteiger charge is -2.34. The molecule has 1 aliphatic rings. The number of hydrogen-bond acceptors (Lipinski definition) is 4. The van der Waals surface area contributed by atoms with Crippen molar-refractivity contribution in [3.63, 3.8) is 0 Å². The fraction of sp³-hybridized carbons (Fsp3) is 0.833. The quantitative estimate of drug-likeness (QED) is 0.690. The molecule has 0 atom stereocenters. The Morgan fingerprint density at radius 3 is 2.42 bits per heavy atom. The summed E-state index contributed by atoms with van der Waals surface area (Å²) in [6, 6.07) is 0. The van der Waals surface area contributed by atoms with Crippen LogP contribution in [0.25, 0.3) is 0 Å². The molecule has 19 heavy (non-hydrogen) atoms. The number of ether oxygens (including phenoxy) is 1. The predicted molar refractivity (Wildman–Crippen MR) is 68.5 cm³/mol. The van der Waals surface area contributed by atoms with Crippen molar-refractivity contribution in [1.82, 2.24) is 9.91 Å².